The van der Waals surface area contributed by atoms with Gasteiger partial charge in [-0.25, -0.2) is 0 Å². The maximum Gasteiger partial charge on any atom is 0.172 e. The first-order valence-electron chi connectivity index (χ1n) is 5.24. The molecule has 2 heterocycles. The van der Waals surface area contributed by atoms with Gasteiger partial charge in [-0.15, -0.1) is 6.58 Å². The third-order valence-corrected chi connectivity index (χ3v) is 2.69. The monoisotopic (exact) mass is 237 g/mol. The van der Waals surface area contributed by atoms with E-state index in [-0.39, 0.29) is 0 Å². The number of H-pyrrole nitrogens is 1. The van der Waals surface area contributed by atoms with Crippen LogP contribution >= 0.6 is 12.2 Å². The van der Waals surface area contributed by atoms with Crippen LogP contribution in [0.1, 0.15) is 11.3 Å². The highest BCUT2D eigenvalue weighted by Crippen LogP contribution is 2.19. The van der Waals surface area contributed by atoms with Crippen molar-refractivity contribution in [2.75, 3.05) is 18.4 Å². The number of hydrogen-bond donors (Lipinski definition) is 4. The summed E-state index contributed by atoms with van der Waals surface area (Å²) in [6, 6.07) is 0. The maximum atomic E-state index is 5.13. The lowest BCUT2D eigenvalue weighted by Gasteiger charge is -2.13. The van der Waals surface area contributed by atoms with Gasteiger partial charge in [-0.05, 0) is 25.2 Å². The molecule has 0 saturated heterocycles. The van der Waals surface area contributed by atoms with E-state index in [4.69, 9.17) is 12.2 Å². The van der Waals surface area contributed by atoms with Gasteiger partial charge in [0, 0.05) is 18.7 Å². The summed E-state index contributed by atoms with van der Waals surface area (Å²) < 4.78 is 0. The molecule has 0 atom stereocenters. The normalized spacial score (nSPS) is 14.0. The fraction of sp³-hybridized carbons (Fsp3) is 0.400. The largest absolute Gasteiger partial charge is 0.359 e. The van der Waals surface area contributed by atoms with Crippen molar-refractivity contribution in [1.82, 2.24) is 20.8 Å². The standard InChI is InChI=1S/C10H15N5S/c1-2-4-12-10(16)13-9-7-3-5-11-6-8(7)14-15-9/h2,11H,1,3-6H2,(H3,12,13,14,15,16). The Labute approximate surface area is 99.7 Å². The van der Waals surface area contributed by atoms with Gasteiger partial charge in [-0.3, -0.25) is 5.10 Å². The molecule has 1 aromatic heterocycles. The number of hydrogen-bond acceptors (Lipinski definition) is 3. The van der Waals surface area contributed by atoms with Gasteiger partial charge in [0.2, 0.25) is 0 Å². The van der Waals surface area contributed by atoms with E-state index in [1.165, 1.54) is 5.56 Å². The van der Waals surface area contributed by atoms with E-state index in [0.717, 1.165) is 31.0 Å². The maximum absolute atomic E-state index is 5.13. The zero-order valence-electron chi connectivity index (χ0n) is 8.97. The molecule has 16 heavy (non-hydrogen) atoms. The van der Waals surface area contributed by atoms with E-state index in [1.54, 1.807) is 6.08 Å². The first kappa shape index (κ1) is 11.1. The summed E-state index contributed by atoms with van der Waals surface area (Å²) in [5, 5.41) is 17.2. The smallest absolute Gasteiger partial charge is 0.172 e. The second kappa shape index (κ2) is 5.09. The van der Waals surface area contributed by atoms with Crippen molar-refractivity contribution in [3.05, 3.63) is 23.9 Å². The van der Waals surface area contributed by atoms with Crippen molar-refractivity contribution in [2.24, 2.45) is 0 Å². The molecular weight excluding hydrogens is 222 g/mol. The molecule has 0 fully saturated rings. The summed E-state index contributed by atoms with van der Waals surface area (Å²) in [5.74, 6) is 0.832. The van der Waals surface area contributed by atoms with Gasteiger partial charge in [0.05, 0.1) is 5.69 Å². The minimum atomic E-state index is 0.577. The van der Waals surface area contributed by atoms with Crippen molar-refractivity contribution in [3.8, 4) is 0 Å². The van der Waals surface area contributed by atoms with Gasteiger partial charge in [0.15, 0.2) is 10.9 Å². The average Bonchev–Trinajstić information content (AvgIpc) is 2.70. The summed E-state index contributed by atoms with van der Waals surface area (Å²) >= 11 is 5.13. The van der Waals surface area contributed by atoms with Crippen LogP contribution in [0.5, 0.6) is 0 Å². The van der Waals surface area contributed by atoms with Crippen molar-refractivity contribution < 1.29 is 0 Å². The van der Waals surface area contributed by atoms with E-state index in [9.17, 15) is 0 Å². The number of nitrogens with zero attached hydrogens (tertiary/aromatic N) is 1. The highest BCUT2D eigenvalue weighted by Gasteiger charge is 2.16. The molecule has 0 saturated carbocycles. The Morgan fingerprint density at radius 3 is 3.31 bits per heavy atom. The highest BCUT2D eigenvalue weighted by atomic mass is 32.1. The Balaban J connectivity index is 2.01. The van der Waals surface area contributed by atoms with Crippen molar-refractivity contribution >= 4 is 23.1 Å². The highest BCUT2D eigenvalue weighted by molar-refractivity contribution is 7.80. The Bertz CT molecular complexity index is 398. The number of thiocarbonyl (C=S) groups is 1. The minimum absolute atomic E-state index is 0.577. The average molecular weight is 237 g/mol. The van der Waals surface area contributed by atoms with Crippen LogP contribution in [0.2, 0.25) is 0 Å². The Kier molecular flexibility index (Phi) is 3.53. The molecule has 1 aliphatic heterocycles. The molecule has 1 aromatic rings. The Morgan fingerprint density at radius 1 is 1.62 bits per heavy atom. The molecule has 0 bridgehead atoms. The minimum Gasteiger partial charge on any atom is -0.359 e. The van der Waals surface area contributed by atoms with E-state index in [1.807, 2.05) is 0 Å². The molecule has 0 aliphatic carbocycles. The lowest BCUT2D eigenvalue weighted by atomic mass is 10.1. The summed E-state index contributed by atoms with van der Waals surface area (Å²) in [6.45, 7) is 6.10. The molecule has 0 unspecified atom stereocenters. The van der Waals surface area contributed by atoms with Gasteiger partial charge in [0.1, 0.15) is 0 Å². The number of fused-ring (bicyclic) bond motifs is 1. The van der Waals surface area contributed by atoms with Crippen molar-refractivity contribution in [3.63, 3.8) is 0 Å². The van der Waals surface area contributed by atoms with Gasteiger partial charge < -0.3 is 16.0 Å². The second-order valence-corrected chi connectivity index (χ2v) is 3.99. The predicted octanol–water partition coefficient (Wildman–Crippen LogP) is 0.528. The summed E-state index contributed by atoms with van der Waals surface area (Å²) in [6.07, 6.45) is 2.73. The fourth-order valence-corrected chi connectivity index (χ4v) is 1.84. The molecule has 1 aliphatic rings. The number of anilines is 1. The first-order valence-corrected chi connectivity index (χ1v) is 5.64. The molecule has 4 N–H and O–H groups in total. The fourth-order valence-electron chi connectivity index (χ4n) is 1.66. The third kappa shape index (κ3) is 2.40. The summed E-state index contributed by atoms with van der Waals surface area (Å²) in [4.78, 5) is 0. The summed E-state index contributed by atoms with van der Waals surface area (Å²) in [7, 11) is 0. The topological polar surface area (TPSA) is 64.8 Å². The number of nitrogens with one attached hydrogen (secondary N) is 4. The molecule has 0 amide bonds. The van der Waals surface area contributed by atoms with Crippen LogP contribution in [0, 0.1) is 0 Å². The Morgan fingerprint density at radius 2 is 2.50 bits per heavy atom. The van der Waals surface area contributed by atoms with Crippen LogP contribution in [0.25, 0.3) is 0 Å². The molecule has 0 spiro atoms. The number of aromatic nitrogens is 2. The van der Waals surface area contributed by atoms with Crippen molar-refractivity contribution in [1.29, 1.82) is 0 Å². The van der Waals surface area contributed by atoms with Gasteiger partial charge in [-0.2, -0.15) is 5.10 Å². The number of rotatable bonds is 3. The molecule has 6 heteroatoms. The predicted molar refractivity (Wildman–Crippen MR) is 68.4 cm³/mol. The van der Waals surface area contributed by atoms with Gasteiger partial charge in [0.25, 0.3) is 0 Å². The SMILES string of the molecule is C=CCNC(=S)Nc1n[nH]c2c1CCNC2. The molecular formula is C10H15N5S. The number of aromatic amines is 1. The lowest BCUT2D eigenvalue weighted by molar-refractivity contribution is 0.633. The zero-order valence-corrected chi connectivity index (χ0v) is 9.78. The summed E-state index contributed by atoms with van der Waals surface area (Å²) in [5.41, 5.74) is 2.36. The van der Waals surface area contributed by atoms with Gasteiger partial charge >= 0.3 is 0 Å². The van der Waals surface area contributed by atoms with Gasteiger partial charge in [-0.1, -0.05) is 6.08 Å². The quantitative estimate of drug-likeness (QED) is 0.456. The van der Waals surface area contributed by atoms with Crippen LogP contribution < -0.4 is 16.0 Å². The molecule has 2 rings (SSSR count). The molecule has 86 valence electrons. The van der Waals surface area contributed by atoms with E-state index < -0.39 is 0 Å². The van der Waals surface area contributed by atoms with Crippen LogP contribution in [0.4, 0.5) is 5.82 Å². The van der Waals surface area contributed by atoms with Crippen molar-refractivity contribution in [2.45, 2.75) is 13.0 Å². The van der Waals surface area contributed by atoms with E-state index >= 15 is 0 Å². The first-order chi connectivity index (χ1) is 7.81. The van der Waals surface area contributed by atoms with Crippen LogP contribution in [0.3, 0.4) is 0 Å². The third-order valence-electron chi connectivity index (χ3n) is 2.45. The lowest BCUT2D eigenvalue weighted by Crippen LogP contribution is -2.29. The van der Waals surface area contributed by atoms with Crippen LogP contribution in [-0.4, -0.2) is 28.4 Å². The second-order valence-electron chi connectivity index (χ2n) is 3.58. The van der Waals surface area contributed by atoms with Crippen LogP contribution in [-0.2, 0) is 13.0 Å². The Hall–Kier alpha value is -1.40. The molecule has 0 radical (unpaired) electrons. The van der Waals surface area contributed by atoms with E-state index in [2.05, 4.69) is 32.7 Å². The van der Waals surface area contributed by atoms with E-state index in [0.29, 0.717) is 11.7 Å². The van der Waals surface area contributed by atoms with Crippen LogP contribution in [0.15, 0.2) is 12.7 Å². The molecule has 5 nitrogen and oxygen atoms in total. The molecule has 0 aromatic carbocycles. The zero-order chi connectivity index (χ0) is 11.4.